The summed E-state index contributed by atoms with van der Waals surface area (Å²) in [6, 6.07) is 1.41. The van der Waals surface area contributed by atoms with Crippen molar-refractivity contribution in [2.45, 2.75) is 6.92 Å². The fourth-order valence-electron chi connectivity index (χ4n) is 0.993. The van der Waals surface area contributed by atoms with Gasteiger partial charge in [-0.15, -0.1) is 0 Å². The fraction of sp³-hybridized carbons (Fsp3) is 0.222. The first-order valence-electron chi connectivity index (χ1n) is 4.19. The molecule has 0 radical (unpaired) electrons. The van der Waals surface area contributed by atoms with Crippen LogP contribution in [-0.2, 0) is 0 Å². The average molecular weight is 272 g/mol. The maximum absolute atomic E-state index is 10.6. The van der Waals surface area contributed by atoms with Gasteiger partial charge in [-0.25, -0.2) is 4.98 Å². The van der Waals surface area contributed by atoms with Crippen molar-refractivity contribution in [3.05, 3.63) is 39.0 Å². The first-order valence-corrected chi connectivity index (χ1v) is 4.98. The highest BCUT2D eigenvalue weighted by molar-refractivity contribution is 9.11. The number of halogens is 1. The van der Waals surface area contributed by atoms with Crippen LogP contribution in [0.1, 0.15) is 5.56 Å². The van der Waals surface area contributed by atoms with E-state index >= 15 is 0 Å². The van der Waals surface area contributed by atoms with Crippen molar-refractivity contribution in [3.63, 3.8) is 0 Å². The van der Waals surface area contributed by atoms with Gasteiger partial charge in [0.25, 0.3) is 5.69 Å². The van der Waals surface area contributed by atoms with Crippen molar-refractivity contribution in [2.75, 3.05) is 11.9 Å². The summed E-state index contributed by atoms with van der Waals surface area (Å²) < 4.78 is 0.757. The SMILES string of the molecule is C=C(Br)CNc1cc([N+](=O)[O-])c(C)cn1. The van der Waals surface area contributed by atoms with Crippen molar-refractivity contribution < 1.29 is 4.92 Å². The number of hydrogen-bond acceptors (Lipinski definition) is 4. The molecule has 6 heteroatoms. The predicted molar refractivity (Wildman–Crippen MR) is 62.2 cm³/mol. The van der Waals surface area contributed by atoms with E-state index in [9.17, 15) is 10.1 Å². The molecule has 1 heterocycles. The molecule has 1 rings (SSSR count). The number of pyridine rings is 1. The van der Waals surface area contributed by atoms with E-state index in [1.165, 1.54) is 12.3 Å². The first-order chi connectivity index (χ1) is 7.00. The zero-order valence-corrected chi connectivity index (χ0v) is 9.74. The molecule has 15 heavy (non-hydrogen) atoms. The lowest BCUT2D eigenvalue weighted by molar-refractivity contribution is -0.385. The molecule has 0 unspecified atom stereocenters. The summed E-state index contributed by atoms with van der Waals surface area (Å²) in [5.74, 6) is 0.466. The van der Waals surface area contributed by atoms with Crippen molar-refractivity contribution in [1.82, 2.24) is 4.98 Å². The predicted octanol–water partition coefficient (Wildman–Crippen LogP) is 2.62. The number of anilines is 1. The Balaban J connectivity index is 2.87. The second kappa shape index (κ2) is 4.88. The first kappa shape index (κ1) is 11.6. The van der Waals surface area contributed by atoms with E-state index in [0.29, 0.717) is 17.9 Å². The van der Waals surface area contributed by atoms with E-state index in [0.717, 1.165) is 4.48 Å². The van der Waals surface area contributed by atoms with Crippen LogP contribution >= 0.6 is 15.9 Å². The number of nitro groups is 1. The number of aryl methyl sites for hydroxylation is 1. The maximum Gasteiger partial charge on any atom is 0.277 e. The maximum atomic E-state index is 10.6. The van der Waals surface area contributed by atoms with Crippen LogP contribution in [0.15, 0.2) is 23.3 Å². The second-order valence-corrected chi connectivity index (χ2v) is 4.11. The normalized spacial score (nSPS) is 9.73. The third-order valence-corrected chi connectivity index (χ3v) is 2.01. The lowest BCUT2D eigenvalue weighted by Crippen LogP contribution is -2.04. The average Bonchev–Trinajstić information content (AvgIpc) is 2.16. The van der Waals surface area contributed by atoms with Gasteiger partial charge in [-0.05, 0) is 6.92 Å². The van der Waals surface area contributed by atoms with Gasteiger partial charge in [-0.3, -0.25) is 10.1 Å². The van der Waals surface area contributed by atoms with Crippen molar-refractivity contribution in [3.8, 4) is 0 Å². The van der Waals surface area contributed by atoms with Crippen LogP contribution in [-0.4, -0.2) is 16.5 Å². The zero-order valence-electron chi connectivity index (χ0n) is 8.16. The zero-order chi connectivity index (χ0) is 11.4. The van der Waals surface area contributed by atoms with Crippen molar-refractivity contribution in [1.29, 1.82) is 0 Å². The van der Waals surface area contributed by atoms with Crippen LogP contribution in [0.25, 0.3) is 0 Å². The minimum atomic E-state index is -0.425. The molecule has 0 bridgehead atoms. The number of aromatic nitrogens is 1. The Kier molecular flexibility index (Phi) is 3.79. The second-order valence-electron chi connectivity index (χ2n) is 2.98. The molecule has 0 aliphatic rings. The molecule has 1 N–H and O–H groups in total. The third kappa shape index (κ3) is 3.32. The van der Waals surface area contributed by atoms with E-state index in [-0.39, 0.29) is 5.69 Å². The van der Waals surface area contributed by atoms with Crippen LogP contribution in [0.5, 0.6) is 0 Å². The lowest BCUT2D eigenvalue weighted by Gasteiger charge is -2.04. The minimum Gasteiger partial charge on any atom is -0.365 e. The lowest BCUT2D eigenvalue weighted by atomic mass is 10.2. The largest absolute Gasteiger partial charge is 0.365 e. The van der Waals surface area contributed by atoms with Crippen LogP contribution < -0.4 is 5.32 Å². The standard InChI is InChI=1S/C9H10BrN3O2/c1-6-4-11-9(12-5-7(2)10)3-8(6)13(14)15/h3-4H,2,5H2,1H3,(H,11,12). The molecule has 0 aliphatic carbocycles. The summed E-state index contributed by atoms with van der Waals surface area (Å²) in [6.07, 6.45) is 1.47. The molecule has 0 amide bonds. The monoisotopic (exact) mass is 271 g/mol. The summed E-state index contributed by atoms with van der Waals surface area (Å²) in [4.78, 5) is 14.2. The highest BCUT2D eigenvalue weighted by Crippen LogP contribution is 2.19. The molecule has 5 nitrogen and oxygen atoms in total. The molecule has 0 spiro atoms. The number of nitrogens with one attached hydrogen (secondary N) is 1. The Morgan fingerprint density at radius 3 is 3.00 bits per heavy atom. The third-order valence-electron chi connectivity index (χ3n) is 1.73. The van der Waals surface area contributed by atoms with E-state index in [1.54, 1.807) is 6.92 Å². The molecule has 80 valence electrons. The van der Waals surface area contributed by atoms with E-state index in [1.807, 2.05) is 0 Å². The molecular formula is C9H10BrN3O2. The van der Waals surface area contributed by atoms with E-state index in [2.05, 4.69) is 32.8 Å². The van der Waals surface area contributed by atoms with Gasteiger partial charge in [0.1, 0.15) is 5.82 Å². The van der Waals surface area contributed by atoms with Gasteiger partial charge in [0.05, 0.1) is 11.0 Å². The van der Waals surface area contributed by atoms with Crippen LogP contribution in [0.4, 0.5) is 11.5 Å². The summed E-state index contributed by atoms with van der Waals surface area (Å²) in [5, 5.41) is 13.5. The van der Waals surface area contributed by atoms with E-state index in [4.69, 9.17) is 0 Å². The Morgan fingerprint density at radius 2 is 2.47 bits per heavy atom. The number of rotatable bonds is 4. The Bertz CT molecular complexity index is 406. The van der Waals surface area contributed by atoms with Gasteiger partial charge in [-0.1, -0.05) is 22.5 Å². The molecule has 0 fully saturated rings. The minimum absolute atomic E-state index is 0.0627. The summed E-state index contributed by atoms with van der Waals surface area (Å²) in [6.45, 7) is 5.77. The number of hydrogen-bond donors (Lipinski definition) is 1. The fourth-order valence-corrected chi connectivity index (χ4v) is 1.13. The summed E-state index contributed by atoms with van der Waals surface area (Å²) in [5.41, 5.74) is 0.607. The summed E-state index contributed by atoms with van der Waals surface area (Å²) in [7, 11) is 0. The van der Waals surface area contributed by atoms with Gasteiger partial charge in [0.2, 0.25) is 0 Å². The Morgan fingerprint density at radius 1 is 1.80 bits per heavy atom. The van der Waals surface area contributed by atoms with Gasteiger partial charge < -0.3 is 5.32 Å². The quantitative estimate of drug-likeness (QED) is 0.675. The summed E-state index contributed by atoms with van der Waals surface area (Å²) >= 11 is 3.18. The molecule has 0 atom stereocenters. The van der Waals surface area contributed by atoms with Gasteiger partial charge >= 0.3 is 0 Å². The van der Waals surface area contributed by atoms with Crippen molar-refractivity contribution in [2.24, 2.45) is 0 Å². The van der Waals surface area contributed by atoms with Crippen molar-refractivity contribution >= 4 is 27.4 Å². The molecular weight excluding hydrogens is 262 g/mol. The molecule has 0 saturated heterocycles. The molecule has 0 saturated carbocycles. The highest BCUT2D eigenvalue weighted by atomic mass is 79.9. The van der Waals surface area contributed by atoms with E-state index < -0.39 is 4.92 Å². The molecule has 1 aromatic heterocycles. The Labute approximate surface area is 95.5 Å². The van der Waals surface area contributed by atoms with Gasteiger partial charge in [0, 0.05) is 22.8 Å². The van der Waals surface area contributed by atoms with Gasteiger partial charge in [-0.2, -0.15) is 0 Å². The van der Waals surface area contributed by atoms with Crippen LogP contribution in [0, 0.1) is 17.0 Å². The molecule has 0 aliphatic heterocycles. The number of nitrogens with zero attached hydrogens (tertiary/aromatic N) is 2. The topological polar surface area (TPSA) is 68.1 Å². The van der Waals surface area contributed by atoms with Crippen LogP contribution in [0.2, 0.25) is 0 Å². The Hall–Kier alpha value is -1.43. The van der Waals surface area contributed by atoms with Crippen LogP contribution in [0.3, 0.4) is 0 Å². The smallest absolute Gasteiger partial charge is 0.277 e. The molecule has 1 aromatic rings. The highest BCUT2D eigenvalue weighted by Gasteiger charge is 2.11. The van der Waals surface area contributed by atoms with Gasteiger partial charge in [0.15, 0.2) is 0 Å². The molecule has 0 aromatic carbocycles.